The Bertz CT molecular complexity index is 1320. The van der Waals surface area contributed by atoms with Crippen LogP contribution in [0.4, 0.5) is 0 Å². The van der Waals surface area contributed by atoms with Crippen molar-refractivity contribution < 1.29 is 9.90 Å². The van der Waals surface area contributed by atoms with Gasteiger partial charge in [0.25, 0.3) is 0 Å². The van der Waals surface area contributed by atoms with Crippen LogP contribution >= 0.6 is 0 Å². The fourth-order valence-electron chi connectivity index (χ4n) is 5.97. The number of ketones is 1. The van der Waals surface area contributed by atoms with Gasteiger partial charge < -0.3 is 5.11 Å². The monoisotopic (exact) mass is 566 g/mol. The molecule has 2 heteroatoms. The van der Waals surface area contributed by atoms with Crippen molar-refractivity contribution in [2.75, 3.05) is 0 Å². The van der Waals surface area contributed by atoms with Crippen LogP contribution in [0.2, 0.25) is 0 Å². The average Bonchev–Trinajstić information content (AvgIpc) is 2.84. The van der Waals surface area contributed by atoms with Crippen molar-refractivity contribution in [1.29, 1.82) is 0 Å². The second-order valence-corrected chi connectivity index (χ2v) is 13.6. The molecule has 0 radical (unpaired) electrons. The molecular weight excluding hydrogens is 512 g/mol. The minimum Gasteiger partial charge on any atom is -0.393 e. The van der Waals surface area contributed by atoms with Crippen LogP contribution in [0.3, 0.4) is 0 Å². The third-order valence-electron chi connectivity index (χ3n) is 8.16. The number of rotatable bonds is 10. The Kier molecular flexibility index (Phi) is 13.2. The van der Waals surface area contributed by atoms with Gasteiger partial charge in [-0.1, -0.05) is 146 Å². The largest absolute Gasteiger partial charge is 0.393 e. The summed E-state index contributed by atoms with van der Waals surface area (Å²) in [6, 6.07) is 0. The molecule has 0 bridgehead atoms. The smallest absolute Gasteiger partial charge is 0.156 e. The van der Waals surface area contributed by atoms with Gasteiger partial charge in [-0.25, -0.2) is 0 Å². The van der Waals surface area contributed by atoms with Crippen LogP contribution in [-0.4, -0.2) is 17.0 Å². The molecule has 0 heterocycles. The van der Waals surface area contributed by atoms with E-state index in [0.717, 1.165) is 18.4 Å². The van der Waals surface area contributed by atoms with E-state index in [9.17, 15) is 9.90 Å². The third-order valence-corrected chi connectivity index (χ3v) is 8.16. The van der Waals surface area contributed by atoms with E-state index in [-0.39, 0.29) is 28.6 Å². The van der Waals surface area contributed by atoms with Gasteiger partial charge in [-0.2, -0.15) is 0 Å². The molecule has 0 saturated heterocycles. The number of hydrogen-bond acceptors (Lipinski definition) is 2. The maximum absolute atomic E-state index is 11.9. The van der Waals surface area contributed by atoms with Crippen molar-refractivity contribution in [2.45, 2.75) is 94.6 Å². The molecule has 2 rings (SSSR count). The summed E-state index contributed by atoms with van der Waals surface area (Å²) in [6.07, 6.45) is 33.6. The maximum atomic E-state index is 11.9. The van der Waals surface area contributed by atoms with E-state index in [0.29, 0.717) is 6.42 Å². The first kappa shape index (κ1) is 35.0. The fourth-order valence-corrected chi connectivity index (χ4v) is 5.97. The molecule has 0 aromatic carbocycles. The fraction of sp³-hybridized carbons (Fsp3) is 0.425. The second kappa shape index (κ2) is 15.8. The van der Waals surface area contributed by atoms with Gasteiger partial charge in [0.1, 0.15) is 0 Å². The predicted octanol–water partition coefficient (Wildman–Crippen LogP) is 10.6. The molecule has 226 valence electrons. The van der Waals surface area contributed by atoms with Gasteiger partial charge in [-0.3, -0.25) is 4.79 Å². The van der Waals surface area contributed by atoms with Crippen molar-refractivity contribution >= 4 is 5.78 Å². The van der Waals surface area contributed by atoms with Gasteiger partial charge >= 0.3 is 0 Å². The lowest BCUT2D eigenvalue weighted by Crippen LogP contribution is -2.30. The summed E-state index contributed by atoms with van der Waals surface area (Å²) < 4.78 is 0. The molecule has 0 saturated carbocycles. The predicted molar refractivity (Wildman–Crippen MR) is 183 cm³/mol. The molecule has 0 aliphatic heterocycles. The number of carbonyl (C=O) groups is 1. The number of aliphatic hydroxyl groups excluding tert-OH is 1. The van der Waals surface area contributed by atoms with Crippen LogP contribution < -0.4 is 0 Å². The van der Waals surface area contributed by atoms with Gasteiger partial charge in [0.05, 0.1) is 6.10 Å². The van der Waals surface area contributed by atoms with Gasteiger partial charge in [-0.15, -0.1) is 0 Å². The second-order valence-electron chi connectivity index (χ2n) is 13.6. The molecule has 1 N–H and O–H groups in total. The normalized spacial score (nSPS) is 24.8. The molecule has 0 amide bonds. The highest BCUT2D eigenvalue weighted by atomic mass is 16.3. The average molecular weight is 567 g/mol. The van der Waals surface area contributed by atoms with Gasteiger partial charge in [0.15, 0.2) is 5.78 Å². The highest BCUT2D eigenvalue weighted by Crippen LogP contribution is 2.41. The summed E-state index contributed by atoms with van der Waals surface area (Å²) in [4.78, 5) is 11.9. The first-order valence-electron chi connectivity index (χ1n) is 15.3. The highest BCUT2D eigenvalue weighted by Gasteiger charge is 2.34. The van der Waals surface area contributed by atoms with E-state index in [2.05, 4.69) is 154 Å². The Morgan fingerprint density at radius 1 is 0.786 bits per heavy atom. The molecule has 2 nitrogen and oxygen atoms in total. The van der Waals surface area contributed by atoms with Crippen molar-refractivity contribution in [3.05, 3.63) is 130 Å². The lowest BCUT2D eigenvalue weighted by Gasteiger charge is -2.35. The molecule has 0 aromatic rings. The molecule has 42 heavy (non-hydrogen) atoms. The third kappa shape index (κ3) is 11.6. The quantitative estimate of drug-likeness (QED) is 0.267. The van der Waals surface area contributed by atoms with Gasteiger partial charge in [0, 0.05) is 12.3 Å². The van der Waals surface area contributed by atoms with E-state index in [4.69, 9.17) is 0 Å². The van der Waals surface area contributed by atoms with Crippen molar-refractivity contribution in [1.82, 2.24) is 0 Å². The number of allylic oxidation sites excluding steroid dienone is 21. The molecule has 0 spiro atoms. The number of carbonyl (C=O) groups excluding carboxylic acids is 1. The molecule has 0 unspecified atom stereocenters. The van der Waals surface area contributed by atoms with E-state index in [1.165, 1.54) is 33.4 Å². The topological polar surface area (TPSA) is 37.3 Å². The number of aliphatic hydroxyl groups is 1. The zero-order valence-corrected chi connectivity index (χ0v) is 27.8. The first-order valence-corrected chi connectivity index (χ1v) is 15.3. The lowest BCUT2D eigenvalue weighted by molar-refractivity contribution is -0.117. The van der Waals surface area contributed by atoms with Crippen LogP contribution in [0.25, 0.3) is 0 Å². The van der Waals surface area contributed by atoms with Crippen LogP contribution in [0, 0.1) is 16.7 Å². The molecule has 2 aliphatic rings. The number of hydrogen-bond donors (Lipinski definition) is 1. The molecule has 0 fully saturated rings. The zero-order chi connectivity index (χ0) is 31.5. The van der Waals surface area contributed by atoms with E-state index >= 15 is 0 Å². The Morgan fingerprint density at radius 2 is 1.29 bits per heavy atom. The van der Waals surface area contributed by atoms with Crippen LogP contribution in [-0.2, 0) is 4.79 Å². The maximum Gasteiger partial charge on any atom is 0.156 e. The van der Waals surface area contributed by atoms with Crippen LogP contribution in [0.15, 0.2) is 130 Å². The Labute approximate surface area is 256 Å². The highest BCUT2D eigenvalue weighted by molar-refractivity contribution is 5.92. The summed E-state index contributed by atoms with van der Waals surface area (Å²) >= 11 is 0. The Morgan fingerprint density at radius 3 is 1.81 bits per heavy atom. The SMILES string of the molecule is CC1=CC(=O)CC(C)(C)[C@@H]1/C=C/C(C)=C/C=C/C(C)=C/C=C/C=C(C)/C=C/C=C(C)/C=C/C1=C(C)C[C@@H](O)CC1(C)C. The van der Waals surface area contributed by atoms with Gasteiger partial charge in [0.2, 0.25) is 0 Å². The van der Waals surface area contributed by atoms with Gasteiger partial charge in [-0.05, 0) is 76.9 Å². The van der Waals surface area contributed by atoms with Crippen LogP contribution in [0.5, 0.6) is 0 Å². The van der Waals surface area contributed by atoms with Crippen molar-refractivity contribution in [2.24, 2.45) is 16.7 Å². The summed E-state index contributed by atoms with van der Waals surface area (Å²) in [6.45, 7) is 21.4. The summed E-state index contributed by atoms with van der Waals surface area (Å²) in [7, 11) is 0. The lowest BCUT2D eigenvalue weighted by atomic mass is 9.68. The minimum absolute atomic E-state index is 0.00310. The van der Waals surface area contributed by atoms with E-state index < -0.39 is 0 Å². The van der Waals surface area contributed by atoms with Crippen LogP contribution in [0.1, 0.15) is 88.5 Å². The van der Waals surface area contributed by atoms with E-state index in [1.807, 2.05) is 0 Å². The first-order chi connectivity index (χ1) is 19.6. The minimum atomic E-state index is -0.229. The molecule has 2 aliphatic carbocycles. The van der Waals surface area contributed by atoms with E-state index in [1.54, 1.807) is 6.08 Å². The summed E-state index contributed by atoms with van der Waals surface area (Å²) in [5, 5.41) is 10.1. The van der Waals surface area contributed by atoms with Crippen molar-refractivity contribution in [3.8, 4) is 0 Å². The molecular formula is C40H54O2. The summed E-state index contributed by atoms with van der Waals surface area (Å²) in [5.74, 6) is 0.521. The molecule has 0 aromatic heterocycles. The Hall–Kier alpha value is -3.23. The Balaban J connectivity index is 1.90. The zero-order valence-electron chi connectivity index (χ0n) is 27.8. The molecule has 2 atom stereocenters. The summed E-state index contributed by atoms with van der Waals surface area (Å²) in [5.41, 5.74) is 8.49. The van der Waals surface area contributed by atoms with Crippen molar-refractivity contribution in [3.63, 3.8) is 0 Å². The standard InChI is InChI=1S/C40H54O2/c1-29(17-13-19-31(3)21-23-37-33(5)25-35(41)27-39(37,7)8)15-11-12-16-30(2)18-14-20-32(4)22-24-38-34(6)26-36(42)28-40(38,9)10/h11-25,36-37,42H,26-28H2,1-10H3/b12-11+,17-13+,18-14+,23-21+,24-22+,29-15+,30-16+,31-19+,32-20+/t36-,37-/m1/s1.